The molecular formula is C14H17BrFNO2S. The number of benzene rings is 1. The van der Waals surface area contributed by atoms with Crippen LogP contribution in [0.3, 0.4) is 0 Å². The average molecular weight is 362 g/mol. The van der Waals surface area contributed by atoms with Gasteiger partial charge in [-0.05, 0) is 66.2 Å². The van der Waals surface area contributed by atoms with E-state index in [1.54, 1.807) is 0 Å². The summed E-state index contributed by atoms with van der Waals surface area (Å²) in [7, 11) is -3.64. The largest absolute Gasteiger partial charge is 0.240 e. The molecule has 0 fully saturated rings. The predicted octanol–water partition coefficient (Wildman–Crippen LogP) is 3.76. The third-order valence-electron chi connectivity index (χ3n) is 3.32. The van der Waals surface area contributed by atoms with E-state index in [4.69, 9.17) is 0 Å². The van der Waals surface area contributed by atoms with Crippen molar-refractivity contribution in [3.63, 3.8) is 0 Å². The molecule has 0 heterocycles. The Kier molecular flexibility index (Phi) is 5.35. The van der Waals surface area contributed by atoms with Crippen molar-refractivity contribution >= 4 is 26.0 Å². The second kappa shape index (κ2) is 6.83. The van der Waals surface area contributed by atoms with Gasteiger partial charge in [-0.3, -0.25) is 0 Å². The number of hydrogen-bond acceptors (Lipinski definition) is 2. The van der Waals surface area contributed by atoms with Gasteiger partial charge in [-0.25, -0.2) is 17.5 Å². The van der Waals surface area contributed by atoms with E-state index < -0.39 is 15.8 Å². The molecule has 20 heavy (non-hydrogen) atoms. The summed E-state index contributed by atoms with van der Waals surface area (Å²) in [6.45, 7) is 0.353. The van der Waals surface area contributed by atoms with Gasteiger partial charge < -0.3 is 0 Å². The lowest BCUT2D eigenvalue weighted by atomic mass is 9.97. The normalized spacial score (nSPS) is 16.0. The SMILES string of the molecule is O=S(=O)(NCCC1=CCCCC1)c1ccc(Br)c(F)c1. The molecule has 0 saturated heterocycles. The summed E-state index contributed by atoms with van der Waals surface area (Å²) in [5.74, 6) is -0.581. The molecule has 0 aromatic heterocycles. The Morgan fingerprint density at radius 3 is 2.75 bits per heavy atom. The van der Waals surface area contributed by atoms with Gasteiger partial charge >= 0.3 is 0 Å². The van der Waals surface area contributed by atoms with Crippen LogP contribution in [-0.2, 0) is 10.0 Å². The van der Waals surface area contributed by atoms with Crippen LogP contribution >= 0.6 is 15.9 Å². The first-order valence-corrected chi connectivity index (χ1v) is 8.89. The Morgan fingerprint density at radius 2 is 2.10 bits per heavy atom. The predicted molar refractivity (Wildman–Crippen MR) is 80.5 cm³/mol. The molecule has 0 atom stereocenters. The van der Waals surface area contributed by atoms with Gasteiger partial charge in [-0.1, -0.05) is 11.6 Å². The molecule has 3 nitrogen and oxygen atoms in total. The molecule has 1 aliphatic carbocycles. The molecule has 1 aromatic carbocycles. The van der Waals surface area contributed by atoms with Gasteiger partial charge in [-0.2, -0.15) is 0 Å². The summed E-state index contributed by atoms with van der Waals surface area (Å²) in [6.07, 6.45) is 7.44. The minimum Gasteiger partial charge on any atom is -0.211 e. The molecule has 0 unspecified atom stereocenters. The lowest BCUT2D eigenvalue weighted by Crippen LogP contribution is -2.25. The fraction of sp³-hybridized carbons (Fsp3) is 0.429. The Morgan fingerprint density at radius 1 is 1.30 bits per heavy atom. The van der Waals surface area contributed by atoms with E-state index in [0.717, 1.165) is 25.3 Å². The van der Waals surface area contributed by atoms with Crippen molar-refractivity contribution in [2.75, 3.05) is 6.54 Å². The Hall–Kier alpha value is -0.720. The monoisotopic (exact) mass is 361 g/mol. The van der Waals surface area contributed by atoms with Gasteiger partial charge in [0, 0.05) is 6.54 Å². The molecule has 0 bridgehead atoms. The lowest BCUT2D eigenvalue weighted by Gasteiger charge is -2.13. The Bertz CT molecular complexity index is 614. The summed E-state index contributed by atoms with van der Waals surface area (Å²) >= 11 is 3.00. The smallest absolute Gasteiger partial charge is 0.211 e. The third-order valence-corrected chi connectivity index (χ3v) is 5.43. The van der Waals surface area contributed by atoms with E-state index in [0.29, 0.717) is 6.54 Å². The zero-order chi connectivity index (χ0) is 14.6. The number of hydrogen-bond donors (Lipinski definition) is 1. The average Bonchev–Trinajstić information content (AvgIpc) is 2.43. The van der Waals surface area contributed by atoms with E-state index in [-0.39, 0.29) is 9.37 Å². The first kappa shape index (κ1) is 15.7. The molecule has 1 aliphatic rings. The van der Waals surface area contributed by atoms with Gasteiger partial charge in [-0.15, -0.1) is 0 Å². The molecule has 1 N–H and O–H groups in total. The molecule has 6 heteroatoms. The number of allylic oxidation sites excluding steroid dienone is 1. The first-order valence-electron chi connectivity index (χ1n) is 6.62. The van der Waals surface area contributed by atoms with Crippen molar-refractivity contribution in [2.45, 2.75) is 37.0 Å². The van der Waals surface area contributed by atoms with E-state index in [1.165, 1.54) is 30.5 Å². The van der Waals surface area contributed by atoms with Crippen LogP contribution in [0.4, 0.5) is 4.39 Å². The number of nitrogens with one attached hydrogen (secondary N) is 1. The zero-order valence-electron chi connectivity index (χ0n) is 11.0. The molecule has 0 spiro atoms. The summed E-state index contributed by atoms with van der Waals surface area (Å²) in [5.41, 5.74) is 1.31. The number of halogens is 2. The summed E-state index contributed by atoms with van der Waals surface area (Å²) < 4.78 is 40.2. The van der Waals surface area contributed by atoms with Crippen LogP contribution < -0.4 is 4.72 Å². The van der Waals surface area contributed by atoms with Gasteiger partial charge in [0.25, 0.3) is 0 Å². The molecule has 0 saturated carbocycles. The molecule has 0 radical (unpaired) electrons. The van der Waals surface area contributed by atoms with E-state index in [2.05, 4.69) is 26.7 Å². The second-order valence-electron chi connectivity index (χ2n) is 4.83. The van der Waals surface area contributed by atoms with Crippen LogP contribution in [0.15, 0.2) is 39.2 Å². The van der Waals surface area contributed by atoms with Crippen molar-refractivity contribution in [1.29, 1.82) is 0 Å². The highest BCUT2D eigenvalue weighted by molar-refractivity contribution is 9.10. The van der Waals surface area contributed by atoms with Crippen molar-refractivity contribution in [2.24, 2.45) is 0 Å². The standard InChI is InChI=1S/C14H17BrFNO2S/c15-13-7-6-12(10-14(13)16)20(18,19)17-9-8-11-4-2-1-3-5-11/h4,6-7,10,17H,1-3,5,8-9H2. The fourth-order valence-corrected chi connectivity index (χ4v) is 3.49. The molecule has 1 aromatic rings. The Balaban J connectivity index is 1.96. The lowest BCUT2D eigenvalue weighted by molar-refractivity contribution is 0.575. The van der Waals surface area contributed by atoms with Crippen molar-refractivity contribution in [3.05, 3.63) is 40.1 Å². The van der Waals surface area contributed by atoms with Crippen LogP contribution in [0.25, 0.3) is 0 Å². The number of rotatable bonds is 5. The maximum Gasteiger partial charge on any atom is 0.240 e. The Labute approximate surface area is 127 Å². The van der Waals surface area contributed by atoms with Crippen molar-refractivity contribution in [3.8, 4) is 0 Å². The highest BCUT2D eigenvalue weighted by atomic mass is 79.9. The second-order valence-corrected chi connectivity index (χ2v) is 7.45. The maximum atomic E-state index is 13.4. The summed E-state index contributed by atoms with van der Waals surface area (Å²) in [4.78, 5) is -0.0455. The van der Waals surface area contributed by atoms with Crippen molar-refractivity contribution in [1.82, 2.24) is 4.72 Å². The highest BCUT2D eigenvalue weighted by Crippen LogP contribution is 2.21. The minimum atomic E-state index is -3.64. The van der Waals surface area contributed by atoms with Gasteiger partial charge in [0.1, 0.15) is 5.82 Å². The van der Waals surface area contributed by atoms with E-state index in [9.17, 15) is 12.8 Å². The third kappa shape index (κ3) is 4.14. The molecular weight excluding hydrogens is 345 g/mol. The van der Waals surface area contributed by atoms with E-state index >= 15 is 0 Å². The van der Waals surface area contributed by atoms with Gasteiger partial charge in [0.2, 0.25) is 10.0 Å². The van der Waals surface area contributed by atoms with E-state index in [1.807, 2.05) is 0 Å². The topological polar surface area (TPSA) is 46.2 Å². The van der Waals surface area contributed by atoms with Crippen LogP contribution in [0.2, 0.25) is 0 Å². The highest BCUT2D eigenvalue weighted by Gasteiger charge is 2.15. The molecule has 2 rings (SSSR count). The van der Waals surface area contributed by atoms with Gasteiger partial charge in [0.15, 0.2) is 0 Å². The zero-order valence-corrected chi connectivity index (χ0v) is 13.4. The minimum absolute atomic E-state index is 0.0455. The maximum absolute atomic E-state index is 13.4. The van der Waals surface area contributed by atoms with Crippen LogP contribution in [0.1, 0.15) is 32.1 Å². The molecule has 0 amide bonds. The van der Waals surface area contributed by atoms with Crippen LogP contribution in [-0.4, -0.2) is 15.0 Å². The molecule has 110 valence electrons. The summed E-state index contributed by atoms with van der Waals surface area (Å²) in [6, 6.07) is 3.80. The van der Waals surface area contributed by atoms with Crippen LogP contribution in [0.5, 0.6) is 0 Å². The van der Waals surface area contributed by atoms with Crippen LogP contribution in [0, 0.1) is 5.82 Å². The van der Waals surface area contributed by atoms with Crippen molar-refractivity contribution < 1.29 is 12.8 Å². The quantitative estimate of drug-likeness (QED) is 0.811. The van der Waals surface area contributed by atoms with Gasteiger partial charge in [0.05, 0.1) is 9.37 Å². The number of sulfonamides is 1. The fourth-order valence-electron chi connectivity index (χ4n) is 2.21. The first-order chi connectivity index (χ1) is 9.49. The summed E-state index contributed by atoms with van der Waals surface area (Å²) in [5, 5.41) is 0. The molecule has 0 aliphatic heterocycles.